The number of aromatic nitrogens is 1. The molecule has 102 valence electrons. The Morgan fingerprint density at radius 3 is 2.56 bits per heavy atom. The van der Waals surface area contributed by atoms with Gasteiger partial charge in [0, 0.05) is 28.2 Å². The van der Waals surface area contributed by atoms with E-state index in [9.17, 15) is 8.42 Å². The number of hydrogen-bond acceptors (Lipinski definition) is 3. The first-order chi connectivity index (χ1) is 8.36. The molecule has 0 spiro atoms. The van der Waals surface area contributed by atoms with Gasteiger partial charge in [0.1, 0.15) is 4.90 Å². The van der Waals surface area contributed by atoms with Crippen LogP contribution >= 0.6 is 31.9 Å². The Kier molecular flexibility index (Phi) is 6.23. The van der Waals surface area contributed by atoms with E-state index in [4.69, 9.17) is 0 Å². The topological polar surface area (TPSA) is 59.1 Å². The molecule has 0 bridgehead atoms. The minimum atomic E-state index is -3.51. The summed E-state index contributed by atoms with van der Waals surface area (Å²) in [6, 6.07) is 1.45. The second-order valence-corrected chi connectivity index (χ2v) is 7.71. The third kappa shape index (κ3) is 4.60. The zero-order chi connectivity index (χ0) is 13.8. The molecule has 0 aliphatic rings. The number of nitrogens with one attached hydrogen (secondary N) is 1. The lowest BCUT2D eigenvalue weighted by molar-refractivity contribution is 0.440. The van der Waals surface area contributed by atoms with Crippen LogP contribution in [0.5, 0.6) is 0 Å². The Morgan fingerprint density at radius 2 is 2.06 bits per heavy atom. The number of alkyl halides is 1. The van der Waals surface area contributed by atoms with Crippen molar-refractivity contribution in [3.8, 4) is 0 Å². The normalized spacial score (nSPS) is 13.8. The largest absolute Gasteiger partial charge is 0.262 e. The van der Waals surface area contributed by atoms with Crippen LogP contribution in [0.2, 0.25) is 0 Å². The highest BCUT2D eigenvalue weighted by Gasteiger charge is 2.22. The van der Waals surface area contributed by atoms with Crippen molar-refractivity contribution in [2.75, 3.05) is 5.33 Å². The predicted molar refractivity (Wildman–Crippen MR) is 79.3 cm³/mol. The van der Waals surface area contributed by atoms with Crippen LogP contribution in [0.15, 0.2) is 27.8 Å². The van der Waals surface area contributed by atoms with Crippen molar-refractivity contribution in [2.45, 2.75) is 31.2 Å². The van der Waals surface area contributed by atoms with Gasteiger partial charge in [-0.2, -0.15) is 0 Å². The van der Waals surface area contributed by atoms with Crippen LogP contribution in [0.1, 0.15) is 20.3 Å². The number of pyridine rings is 1. The molecule has 1 atom stereocenters. The van der Waals surface area contributed by atoms with E-state index in [-0.39, 0.29) is 16.9 Å². The van der Waals surface area contributed by atoms with Crippen molar-refractivity contribution in [2.24, 2.45) is 5.92 Å². The van der Waals surface area contributed by atoms with Crippen molar-refractivity contribution in [3.05, 3.63) is 22.9 Å². The summed E-state index contributed by atoms with van der Waals surface area (Å²) >= 11 is 6.56. The Labute approximate surface area is 125 Å². The molecule has 0 aliphatic heterocycles. The van der Waals surface area contributed by atoms with Crippen molar-refractivity contribution in [3.63, 3.8) is 0 Å². The van der Waals surface area contributed by atoms with E-state index in [0.29, 0.717) is 4.47 Å². The highest BCUT2D eigenvalue weighted by Crippen LogP contribution is 2.17. The molecule has 1 heterocycles. The molecule has 1 rings (SSSR count). The maximum atomic E-state index is 12.2. The predicted octanol–water partition coefficient (Wildman–Crippen LogP) is 2.93. The van der Waals surface area contributed by atoms with Crippen LogP contribution in [-0.4, -0.2) is 24.8 Å². The number of halogens is 2. The third-order valence-corrected chi connectivity index (χ3v) is 4.87. The first kappa shape index (κ1) is 16.1. The zero-order valence-electron chi connectivity index (χ0n) is 10.2. The van der Waals surface area contributed by atoms with Crippen LogP contribution in [-0.2, 0) is 10.0 Å². The number of nitrogens with zero attached hydrogens (tertiary/aromatic N) is 1. The van der Waals surface area contributed by atoms with Crippen LogP contribution in [0.4, 0.5) is 0 Å². The first-order valence-electron chi connectivity index (χ1n) is 5.55. The fourth-order valence-corrected chi connectivity index (χ4v) is 3.87. The molecule has 0 amide bonds. The Morgan fingerprint density at radius 1 is 1.39 bits per heavy atom. The molecule has 0 fully saturated rings. The lowest BCUT2D eigenvalue weighted by atomic mass is 10.0. The van der Waals surface area contributed by atoms with Gasteiger partial charge in [-0.1, -0.05) is 29.8 Å². The molecule has 18 heavy (non-hydrogen) atoms. The maximum Gasteiger partial charge on any atom is 0.242 e. The average Bonchev–Trinajstić information content (AvgIpc) is 2.28. The standard InChI is InChI=1S/C11H16Br2N2O2S/c1-8(2)11(3-4-12)15-18(16,17)10-5-9(13)6-14-7-10/h5-8,11,15H,3-4H2,1-2H3. The van der Waals surface area contributed by atoms with Crippen molar-refractivity contribution < 1.29 is 8.42 Å². The van der Waals surface area contributed by atoms with Gasteiger partial charge in [-0.15, -0.1) is 0 Å². The van der Waals surface area contributed by atoms with Crippen LogP contribution in [0.25, 0.3) is 0 Å². The van der Waals surface area contributed by atoms with Gasteiger partial charge >= 0.3 is 0 Å². The molecule has 1 aromatic rings. The van der Waals surface area contributed by atoms with Crippen molar-refractivity contribution in [1.82, 2.24) is 9.71 Å². The second-order valence-electron chi connectivity index (χ2n) is 4.29. The molecule has 0 saturated carbocycles. The molecular weight excluding hydrogens is 384 g/mol. The lowest BCUT2D eigenvalue weighted by Gasteiger charge is -2.21. The van der Waals surface area contributed by atoms with E-state index in [2.05, 4.69) is 41.6 Å². The van der Waals surface area contributed by atoms with E-state index in [0.717, 1.165) is 11.8 Å². The highest BCUT2D eigenvalue weighted by molar-refractivity contribution is 9.10. The summed E-state index contributed by atoms with van der Waals surface area (Å²) in [6.45, 7) is 3.99. The molecule has 7 heteroatoms. The summed E-state index contributed by atoms with van der Waals surface area (Å²) in [6.07, 6.45) is 3.65. The molecule has 1 unspecified atom stereocenters. The van der Waals surface area contributed by atoms with Crippen molar-refractivity contribution in [1.29, 1.82) is 0 Å². The summed E-state index contributed by atoms with van der Waals surface area (Å²) in [5.74, 6) is 0.234. The van der Waals surface area contributed by atoms with Crippen LogP contribution in [0.3, 0.4) is 0 Å². The number of sulfonamides is 1. The quantitative estimate of drug-likeness (QED) is 0.748. The van der Waals surface area contributed by atoms with Gasteiger partial charge in [0.05, 0.1) is 0 Å². The molecule has 0 radical (unpaired) electrons. The Hall–Kier alpha value is 0.0200. The van der Waals surface area contributed by atoms with Gasteiger partial charge < -0.3 is 0 Å². The highest BCUT2D eigenvalue weighted by atomic mass is 79.9. The van der Waals surface area contributed by atoms with Gasteiger partial charge in [-0.3, -0.25) is 4.98 Å². The molecule has 1 aromatic heterocycles. The zero-order valence-corrected chi connectivity index (χ0v) is 14.2. The molecule has 0 saturated heterocycles. The van der Waals surface area contributed by atoms with E-state index in [1.54, 1.807) is 12.3 Å². The van der Waals surface area contributed by atoms with Gasteiger partial charge in [-0.25, -0.2) is 13.1 Å². The minimum Gasteiger partial charge on any atom is -0.262 e. The average molecular weight is 400 g/mol. The fraction of sp³-hybridized carbons (Fsp3) is 0.545. The Balaban J connectivity index is 2.93. The van der Waals surface area contributed by atoms with Gasteiger partial charge in [0.25, 0.3) is 0 Å². The van der Waals surface area contributed by atoms with Crippen molar-refractivity contribution >= 4 is 41.9 Å². The van der Waals surface area contributed by atoms with Gasteiger partial charge in [0.15, 0.2) is 0 Å². The SMILES string of the molecule is CC(C)C(CCBr)NS(=O)(=O)c1cncc(Br)c1. The van der Waals surface area contributed by atoms with Gasteiger partial charge in [0.2, 0.25) is 10.0 Å². The fourth-order valence-electron chi connectivity index (χ4n) is 1.45. The number of rotatable bonds is 6. The summed E-state index contributed by atoms with van der Waals surface area (Å²) < 4.78 is 27.7. The summed E-state index contributed by atoms with van der Waals surface area (Å²) in [5, 5.41) is 0.759. The monoisotopic (exact) mass is 398 g/mol. The smallest absolute Gasteiger partial charge is 0.242 e. The molecule has 4 nitrogen and oxygen atoms in total. The maximum absolute atomic E-state index is 12.2. The molecule has 0 aromatic carbocycles. The van der Waals surface area contributed by atoms with Crippen LogP contribution < -0.4 is 4.72 Å². The molecule has 1 N–H and O–H groups in total. The minimum absolute atomic E-state index is 0.0895. The summed E-state index contributed by atoms with van der Waals surface area (Å²) in [4.78, 5) is 4.05. The molecular formula is C11H16Br2N2O2S. The summed E-state index contributed by atoms with van der Waals surface area (Å²) in [5.41, 5.74) is 0. The van der Waals surface area contributed by atoms with Gasteiger partial charge in [-0.05, 0) is 34.3 Å². The Bertz CT molecular complexity index is 492. The van der Waals surface area contributed by atoms with E-state index in [1.807, 2.05) is 13.8 Å². The lowest BCUT2D eigenvalue weighted by Crippen LogP contribution is -2.38. The van der Waals surface area contributed by atoms with Crippen LogP contribution in [0, 0.1) is 5.92 Å². The van der Waals surface area contributed by atoms with E-state index >= 15 is 0 Å². The second kappa shape index (κ2) is 6.98. The third-order valence-electron chi connectivity index (χ3n) is 2.52. The first-order valence-corrected chi connectivity index (χ1v) is 8.95. The number of hydrogen-bond donors (Lipinski definition) is 1. The van der Waals surface area contributed by atoms with E-state index < -0.39 is 10.0 Å². The molecule has 0 aliphatic carbocycles. The summed E-state index contributed by atoms with van der Waals surface area (Å²) in [7, 11) is -3.51. The van der Waals surface area contributed by atoms with E-state index in [1.165, 1.54) is 6.20 Å².